The molecule has 11 heteroatoms. The van der Waals surface area contributed by atoms with Crippen LogP contribution in [0.15, 0.2) is 23.5 Å². The summed E-state index contributed by atoms with van der Waals surface area (Å²) in [6.45, 7) is 3.07. The number of hydrogen-bond donors (Lipinski definition) is 1. The van der Waals surface area contributed by atoms with Crippen LogP contribution in [0.25, 0.3) is 5.78 Å². The van der Waals surface area contributed by atoms with Crippen LogP contribution in [0.4, 0.5) is 14.5 Å². The van der Waals surface area contributed by atoms with Crippen LogP contribution in [0.1, 0.15) is 11.1 Å². The predicted octanol–water partition coefficient (Wildman–Crippen LogP) is 1.83. The van der Waals surface area contributed by atoms with E-state index >= 15 is 0 Å². The van der Waals surface area contributed by atoms with Gasteiger partial charge in [0.15, 0.2) is 5.82 Å². The Bertz CT molecular complexity index is 1080. The quantitative estimate of drug-likeness (QED) is 0.753. The lowest BCUT2D eigenvalue weighted by Gasteiger charge is -2.08. The van der Waals surface area contributed by atoms with Crippen molar-refractivity contribution in [2.75, 3.05) is 11.8 Å². The van der Waals surface area contributed by atoms with Crippen LogP contribution in [0.2, 0.25) is 0 Å². The summed E-state index contributed by atoms with van der Waals surface area (Å²) in [5, 5.41) is 3.12. The van der Waals surface area contributed by atoms with Crippen molar-refractivity contribution in [2.45, 2.75) is 19.0 Å². The summed E-state index contributed by atoms with van der Waals surface area (Å²) in [5.41, 5.74) is -0.0998. The van der Waals surface area contributed by atoms with E-state index in [0.29, 0.717) is 5.56 Å². The average molecular weight is 369 g/mol. The number of anilines is 1. The molecule has 0 bridgehead atoms. The Hall–Kier alpha value is -2.82. The van der Waals surface area contributed by atoms with E-state index in [1.54, 1.807) is 6.92 Å². The molecule has 2 heterocycles. The Morgan fingerprint density at radius 1 is 1.16 bits per heavy atom. The minimum Gasteiger partial charge on any atom is -0.481 e. The number of fused-ring (bicyclic) bond motifs is 1. The predicted molar refractivity (Wildman–Crippen MR) is 84.0 cm³/mol. The summed E-state index contributed by atoms with van der Waals surface area (Å²) in [4.78, 5) is 7.79. The molecule has 0 radical (unpaired) electrons. The van der Waals surface area contributed by atoms with Crippen LogP contribution in [-0.4, -0.2) is 35.1 Å². The summed E-state index contributed by atoms with van der Waals surface area (Å²) >= 11 is 0. The number of nitrogens with zero attached hydrogens (tertiary/aromatic N) is 4. The molecule has 8 nitrogen and oxygen atoms in total. The van der Waals surface area contributed by atoms with Crippen LogP contribution in [-0.2, 0) is 10.0 Å². The third-order valence-electron chi connectivity index (χ3n) is 3.40. The summed E-state index contributed by atoms with van der Waals surface area (Å²) in [7, 11) is -3.02. The first-order valence-corrected chi connectivity index (χ1v) is 8.46. The number of rotatable bonds is 4. The highest BCUT2D eigenvalue weighted by molar-refractivity contribution is 7.92. The maximum absolute atomic E-state index is 14.0. The van der Waals surface area contributed by atoms with Crippen molar-refractivity contribution in [3.63, 3.8) is 0 Å². The Balaban J connectivity index is 2.06. The van der Waals surface area contributed by atoms with Gasteiger partial charge in [0.2, 0.25) is 5.88 Å². The maximum Gasteiger partial charge on any atom is 0.299 e. The third-order valence-corrected chi connectivity index (χ3v) is 4.53. The van der Waals surface area contributed by atoms with E-state index in [-0.39, 0.29) is 17.2 Å². The molecule has 1 N–H and O–H groups in total. The van der Waals surface area contributed by atoms with E-state index in [1.165, 1.54) is 26.3 Å². The Labute approximate surface area is 141 Å². The van der Waals surface area contributed by atoms with Crippen molar-refractivity contribution in [3.05, 3.63) is 41.1 Å². The van der Waals surface area contributed by atoms with Gasteiger partial charge >= 0.3 is 0 Å². The topological polar surface area (TPSA) is 98.5 Å². The number of methoxy groups -OCH3 is 1. The molecular formula is C14H13F2N5O3S. The standard InChI is InChI=1S/C14H13F2N5O3S/c1-7-4-5-9(15)11(10(7)16)20-25(22,23)14-18-13-17-12(24-3)8(2)6-21(13)19-14/h4-6,20H,1-3H3. The number of ether oxygens (including phenoxy) is 1. The molecule has 0 aliphatic carbocycles. The van der Waals surface area contributed by atoms with Gasteiger partial charge in [-0.2, -0.15) is 18.4 Å². The highest BCUT2D eigenvalue weighted by Gasteiger charge is 2.25. The molecule has 0 amide bonds. The minimum atomic E-state index is -4.42. The summed E-state index contributed by atoms with van der Waals surface area (Å²) < 4.78 is 60.6. The SMILES string of the molecule is COc1nc2nc(S(=O)(=O)Nc3c(F)ccc(C)c3F)nn2cc1C. The molecule has 0 spiro atoms. The van der Waals surface area contributed by atoms with Crippen molar-refractivity contribution in [2.24, 2.45) is 0 Å². The molecule has 2 aromatic heterocycles. The molecule has 0 saturated heterocycles. The second-order valence-corrected chi connectivity index (χ2v) is 6.81. The second kappa shape index (κ2) is 5.92. The lowest BCUT2D eigenvalue weighted by atomic mass is 10.2. The van der Waals surface area contributed by atoms with Crippen LogP contribution in [0.5, 0.6) is 5.88 Å². The van der Waals surface area contributed by atoms with Gasteiger partial charge in [0, 0.05) is 11.8 Å². The third kappa shape index (κ3) is 2.97. The fourth-order valence-electron chi connectivity index (χ4n) is 2.13. The molecule has 0 aliphatic heterocycles. The maximum atomic E-state index is 14.0. The van der Waals surface area contributed by atoms with E-state index in [4.69, 9.17) is 4.74 Å². The monoisotopic (exact) mass is 369 g/mol. The number of aryl methyl sites for hydroxylation is 2. The van der Waals surface area contributed by atoms with Crippen molar-refractivity contribution < 1.29 is 21.9 Å². The zero-order valence-electron chi connectivity index (χ0n) is 13.4. The largest absolute Gasteiger partial charge is 0.481 e. The van der Waals surface area contributed by atoms with Gasteiger partial charge in [0.05, 0.1) is 7.11 Å². The molecule has 3 rings (SSSR count). The number of nitrogens with one attached hydrogen (secondary N) is 1. The van der Waals surface area contributed by atoms with Gasteiger partial charge in [-0.1, -0.05) is 6.07 Å². The zero-order chi connectivity index (χ0) is 18.4. The smallest absolute Gasteiger partial charge is 0.299 e. The fourth-order valence-corrected chi connectivity index (χ4v) is 3.07. The number of aromatic nitrogens is 4. The van der Waals surface area contributed by atoms with Gasteiger partial charge in [-0.05, 0) is 25.5 Å². The molecule has 0 atom stereocenters. The first-order valence-electron chi connectivity index (χ1n) is 6.98. The average Bonchev–Trinajstić information content (AvgIpc) is 2.98. The van der Waals surface area contributed by atoms with Crippen molar-refractivity contribution in [1.29, 1.82) is 0 Å². The Kier molecular flexibility index (Phi) is 4.03. The highest BCUT2D eigenvalue weighted by atomic mass is 32.2. The first kappa shape index (κ1) is 17.0. The molecular weight excluding hydrogens is 356 g/mol. The molecule has 0 aliphatic rings. The Morgan fingerprint density at radius 3 is 2.56 bits per heavy atom. The molecule has 1 aromatic carbocycles. The van der Waals surface area contributed by atoms with E-state index in [1.807, 2.05) is 4.72 Å². The van der Waals surface area contributed by atoms with Crippen molar-refractivity contribution >= 4 is 21.5 Å². The fraction of sp³-hybridized carbons (Fsp3) is 0.214. The lowest BCUT2D eigenvalue weighted by Crippen LogP contribution is -2.17. The van der Waals surface area contributed by atoms with Gasteiger partial charge in [-0.3, -0.25) is 4.72 Å². The van der Waals surface area contributed by atoms with Gasteiger partial charge in [-0.15, -0.1) is 5.10 Å². The van der Waals surface area contributed by atoms with E-state index in [2.05, 4.69) is 15.1 Å². The Morgan fingerprint density at radius 2 is 1.88 bits per heavy atom. The molecule has 0 unspecified atom stereocenters. The number of sulfonamides is 1. The summed E-state index contributed by atoms with van der Waals surface area (Å²) in [6.07, 6.45) is 1.47. The van der Waals surface area contributed by atoms with Crippen molar-refractivity contribution in [1.82, 2.24) is 19.6 Å². The van der Waals surface area contributed by atoms with Crippen LogP contribution >= 0.6 is 0 Å². The second-order valence-electron chi connectivity index (χ2n) is 5.23. The van der Waals surface area contributed by atoms with Crippen molar-refractivity contribution in [3.8, 4) is 5.88 Å². The van der Waals surface area contributed by atoms with Gasteiger partial charge < -0.3 is 4.74 Å². The zero-order valence-corrected chi connectivity index (χ0v) is 14.2. The van der Waals surface area contributed by atoms with E-state index in [9.17, 15) is 17.2 Å². The first-order chi connectivity index (χ1) is 11.7. The molecule has 25 heavy (non-hydrogen) atoms. The van der Waals surface area contributed by atoms with Crippen LogP contribution < -0.4 is 9.46 Å². The number of benzene rings is 1. The van der Waals surface area contributed by atoms with Gasteiger partial charge in [-0.25, -0.2) is 13.3 Å². The molecule has 132 valence electrons. The van der Waals surface area contributed by atoms with Gasteiger partial charge in [0.1, 0.15) is 11.5 Å². The van der Waals surface area contributed by atoms with E-state index in [0.717, 1.165) is 10.6 Å². The highest BCUT2D eigenvalue weighted by Crippen LogP contribution is 2.24. The van der Waals surface area contributed by atoms with Crippen LogP contribution in [0, 0.1) is 25.5 Å². The number of hydrogen-bond acceptors (Lipinski definition) is 6. The van der Waals surface area contributed by atoms with Gasteiger partial charge in [0.25, 0.3) is 21.0 Å². The molecule has 0 fully saturated rings. The minimum absolute atomic E-state index is 0.0342. The molecule has 3 aromatic rings. The van der Waals surface area contributed by atoms with Crippen LogP contribution in [0.3, 0.4) is 0 Å². The lowest BCUT2D eigenvalue weighted by molar-refractivity contribution is 0.394. The van der Waals surface area contributed by atoms with E-state index < -0.39 is 32.5 Å². The summed E-state index contributed by atoms with van der Waals surface area (Å²) in [6, 6.07) is 2.16. The molecule has 0 saturated carbocycles. The normalized spacial score (nSPS) is 11.7. The summed E-state index contributed by atoms with van der Waals surface area (Å²) in [5.74, 6) is -1.84. The number of halogens is 2.